The van der Waals surface area contributed by atoms with Gasteiger partial charge in [0.2, 0.25) is 0 Å². The molecule has 2 nitrogen and oxygen atoms in total. The van der Waals surface area contributed by atoms with Crippen molar-refractivity contribution in [2.75, 3.05) is 0 Å². The van der Waals surface area contributed by atoms with Gasteiger partial charge in [0.1, 0.15) is 0 Å². The number of hydrogen-bond acceptors (Lipinski definition) is 1. The maximum absolute atomic E-state index is 12.5. The molecule has 0 aromatic heterocycles. The lowest BCUT2D eigenvalue weighted by molar-refractivity contribution is 0.0699. The van der Waals surface area contributed by atoms with E-state index in [0.29, 0.717) is 5.56 Å². The minimum absolute atomic E-state index is 0.369. The number of benzene rings is 10. The summed E-state index contributed by atoms with van der Waals surface area (Å²) >= 11 is 3.86. The summed E-state index contributed by atoms with van der Waals surface area (Å²) in [6.07, 6.45) is 0. The van der Waals surface area contributed by atoms with Crippen LogP contribution in [-0.4, -0.2) is 11.1 Å². The molecule has 164 valence electrons. The molecular formula is C33H13BrO2. The number of carboxylic acid groups (broad SMARTS) is 1. The van der Waals surface area contributed by atoms with Gasteiger partial charge in [-0.05, 0) is 121 Å². The molecule has 0 bridgehead atoms. The van der Waals surface area contributed by atoms with Crippen molar-refractivity contribution >= 4 is 119 Å². The van der Waals surface area contributed by atoms with Crippen LogP contribution in [0.2, 0.25) is 0 Å². The first kappa shape index (κ1) is 18.1. The van der Waals surface area contributed by atoms with Gasteiger partial charge in [-0.3, -0.25) is 0 Å². The molecule has 3 heteroatoms. The molecule has 0 heterocycles. The van der Waals surface area contributed by atoms with Crippen molar-refractivity contribution in [3.63, 3.8) is 0 Å². The standard InChI is InChI=1S/C33H13BrO2/c34-22-12-18-9-15-5-3-13-1-2-14-4-6-16-10-20-21(33(35)36)11-17-7-8-19(22)29-27(17)30(20)32-26(16)24(14)23(13)25(15)31(32)28(18)29/h1-12H,(H,35,36). The Morgan fingerprint density at radius 3 is 1.64 bits per heavy atom. The van der Waals surface area contributed by atoms with Crippen LogP contribution in [0.25, 0.3) is 97.0 Å². The van der Waals surface area contributed by atoms with Gasteiger partial charge in [-0.1, -0.05) is 64.5 Å². The smallest absolute Gasteiger partial charge is 0.336 e. The van der Waals surface area contributed by atoms with E-state index in [1.54, 1.807) is 0 Å². The average Bonchev–Trinajstić information content (AvgIpc) is 2.89. The second-order valence-corrected chi connectivity index (χ2v) is 11.1. The summed E-state index contributed by atoms with van der Waals surface area (Å²) in [4.78, 5) is 12.5. The summed E-state index contributed by atoms with van der Waals surface area (Å²) in [6.45, 7) is 0. The molecule has 0 saturated heterocycles. The van der Waals surface area contributed by atoms with Gasteiger partial charge in [0.25, 0.3) is 0 Å². The topological polar surface area (TPSA) is 37.3 Å². The number of carbonyl (C=O) groups is 1. The molecule has 0 spiro atoms. The van der Waals surface area contributed by atoms with Crippen LogP contribution >= 0.6 is 15.9 Å². The molecule has 0 unspecified atom stereocenters. The average molecular weight is 521 g/mol. The molecule has 0 saturated carbocycles. The quantitative estimate of drug-likeness (QED) is 0.173. The summed E-state index contributed by atoms with van der Waals surface area (Å²) in [5, 5.41) is 31.7. The van der Waals surface area contributed by atoms with Crippen LogP contribution in [-0.2, 0) is 0 Å². The van der Waals surface area contributed by atoms with E-state index in [1.807, 2.05) is 6.07 Å². The Kier molecular flexibility index (Phi) is 2.74. The molecule has 0 atom stereocenters. The minimum Gasteiger partial charge on any atom is -0.478 e. The monoisotopic (exact) mass is 520 g/mol. The number of halogens is 1. The van der Waals surface area contributed by atoms with Gasteiger partial charge in [-0.25, -0.2) is 4.79 Å². The second-order valence-electron chi connectivity index (χ2n) is 10.3. The lowest BCUT2D eigenvalue weighted by Gasteiger charge is -2.26. The highest BCUT2D eigenvalue weighted by molar-refractivity contribution is 9.10. The maximum atomic E-state index is 12.5. The van der Waals surface area contributed by atoms with Gasteiger partial charge in [0.05, 0.1) is 5.56 Å². The lowest BCUT2D eigenvalue weighted by Crippen LogP contribution is -2.02. The lowest BCUT2D eigenvalue weighted by atomic mass is 9.77. The zero-order valence-electron chi connectivity index (χ0n) is 18.7. The molecule has 36 heavy (non-hydrogen) atoms. The second kappa shape index (κ2) is 5.45. The predicted molar refractivity (Wildman–Crippen MR) is 155 cm³/mol. The highest BCUT2D eigenvalue weighted by atomic mass is 79.9. The normalized spacial score (nSPS) is 13.4. The van der Waals surface area contributed by atoms with Gasteiger partial charge in [0, 0.05) is 4.47 Å². The van der Waals surface area contributed by atoms with E-state index < -0.39 is 5.97 Å². The van der Waals surface area contributed by atoms with Crippen molar-refractivity contribution in [3.05, 3.63) is 82.8 Å². The van der Waals surface area contributed by atoms with Crippen LogP contribution in [0.5, 0.6) is 0 Å². The summed E-state index contributed by atoms with van der Waals surface area (Å²) in [5.41, 5.74) is 0.369. The van der Waals surface area contributed by atoms with Crippen molar-refractivity contribution < 1.29 is 9.90 Å². The Balaban J connectivity index is 1.77. The molecule has 10 aromatic rings. The van der Waals surface area contributed by atoms with Gasteiger partial charge < -0.3 is 5.11 Å². The number of carboxylic acids is 1. The van der Waals surface area contributed by atoms with E-state index in [4.69, 9.17) is 0 Å². The van der Waals surface area contributed by atoms with E-state index in [2.05, 4.69) is 82.7 Å². The summed E-state index contributed by atoms with van der Waals surface area (Å²) in [6, 6.07) is 26.1. The van der Waals surface area contributed by atoms with E-state index in [0.717, 1.165) is 26.0 Å². The van der Waals surface area contributed by atoms with Gasteiger partial charge in [0.15, 0.2) is 0 Å². The van der Waals surface area contributed by atoms with Crippen molar-refractivity contribution in [1.82, 2.24) is 0 Å². The highest BCUT2D eigenvalue weighted by Crippen LogP contribution is 2.55. The fraction of sp³-hybridized carbons (Fsp3) is 0. The van der Waals surface area contributed by atoms with E-state index in [-0.39, 0.29) is 0 Å². The van der Waals surface area contributed by atoms with Crippen LogP contribution in [0.15, 0.2) is 77.3 Å². The molecule has 10 aromatic carbocycles. The maximum Gasteiger partial charge on any atom is 0.336 e. The first-order valence-electron chi connectivity index (χ1n) is 12.1. The summed E-state index contributed by atoms with van der Waals surface area (Å²) in [7, 11) is 0. The Morgan fingerprint density at radius 1 is 0.472 bits per heavy atom. The van der Waals surface area contributed by atoms with Gasteiger partial charge >= 0.3 is 5.97 Å². The largest absolute Gasteiger partial charge is 0.478 e. The molecule has 0 aliphatic heterocycles. The van der Waals surface area contributed by atoms with Crippen molar-refractivity contribution in [2.24, 2.45) is 0 Å². The number of rotatable bonds is 1. The molecule has 0 amide bonds. The SMILES string of the molecule is O=C(O)c1cc2ccc3c(Br)cc4cc5ccc6ccc7ccc8cc1c1c2c3c4c2c5c6c7c8c12. The van der Waals surface area contributed by atoms with Crippen LogP contribution in [0.1, 0.15) is 10.4 Å². The molecule has 0 aliphatic carbocycles. The Bertz CT molecular complexity index is 2560. The van der Waals surface area contributed by atoms with Crippen molar-refractivity contribution in [1.29, 1.82) is 0 Å². The van der Waals surface area contributed by atoms with E-state index in [1.165, 1.54) is 75.4 Å². The van der Waals surface area contributed by atoms with E-state index >= 15 is 0 Å². The fourth-order valence-electron chi connectivity index (χ4n) is 7.49. The molecular weight excluding hydrogens is 508 g/mol. The zero-order chi connectivity index (χ0) is 23.6. The van der Waals surface area contributed by atoms with Gasteiger partial charge in [-0.15, -0.1) is 0 Å². The molecule has 0 fully saturated rings. The van der Waals surface area contributed by atoms with Crippen molar-refractivity contribution in [3.8, 4) is 0 Å². The van der Waals surface area contributed by atoms with E-state index in [9.17, 15) is 9.90 Å². The summed E-state index contributed by atoms with van der Waals surface area (Å²) in [5.74, 6) is -0.883. The Labute approximate surface area is 211 Å². The van der Waals surface area contributed by atoms with Crippen LogP contribution in [0, 0.1) is 0 Å². The molecule has 1 N–H and O–H groups in total. The van der Waals surface area contributed by atoms with Gasteiger partial charge in [-0.2, -0.15) is 0 Å². The van der Waals surface area contributed by atoms with Crippen LogP contribution in [0.3, 0.4) is 0 Å². The third kappa shape index (κ3) is 1.72. The third-order valence-electron chi connectivity index (χ3n) is 8.75. The molecule has 0 radical (unpaired) electrons. The van der Waals surface area contributed by atoms with Crippen LogP contribution < -0.4 is 0 Å². The fourth-order valence-corrected chi connectivity index (χ4v) is 8.07. The first-order valence-corrected chi connectivity index (χ1v) is 12.9. The Hall–Kier alpha value is -4.21. The molecule has 10 rings (SSSR count). The first-order chi connectivity index (χ1) is 17.6. The predicted octanol–water partition coefficient (Wildman–Crippen LogP) is 9.72. The molecule has 0 aliphatic rings. The number of aromatic carboxylic acids is 1. The number of hydrogen-bond donors (Lipinski definition) is 1. The minimum atomic E-state index is -0.883. The van der Waals surface area contributed by atoms with Crippen LogP contribution in [0.4, 0.5) is 0 Å². The highest BCUT2D eigenvalue weighted by Gasteiger charge is 2.28. The third-order valence-corrected chi connectivity index (χ3v) is 9.40. The Morgan fingerprint density at radius 2 is 0.944 bits per heavy atom. The zero-order valence-corrected chi connectivity index (χ0v) is 20.2. The summed E-state index contributed by atoms with van der Waals surface area (Å²) < 4.78 is 1.07. The van der Waals surface area contributed by atoms with Crippen molar-refractivity contribution in [2.45, 2.75) is 0 Å².